The lowest BCUT2D eigenvalue weighted by Crippen LogP contribution is -2.39. The normalized spacial score (nSPS) is 24.1. The van der Waals surface area contributed by atoms with Crippen LogP contribution < -0.4 is 5.32 Å². The van der Waals surface area contributed by atoms with Crippen molar-refractivity contribution in [3.05, 3.63) is 30.1 Å². The van der Waals surface area contributed by atoms with Crippen LogP contribution in [-0.2, 0) is 0 Å². The molecule has 3 heteroatoms. The Morgan fingerprint density at radius 3 is 2.75 bits per heavy atom. The summed E-state index contributed by atoms with van der Waals surface area (Å²) in [6, 6.07) is 7.61. The van der Waals surface area contributed by atoms with Crippen molar-refractivity contribution in [2.75, 3.05) is 6.54 Å². The van der Waals surface area contributed by atoms with Gasteiger partial charge in [0.2, 0.25) is 0 Å². The Kier molecular flexibility index (Phi) is 6.88. The highest BCUT2D eigenvalue weighted by molar-refractivity contribution is 8.00. The number of halogens is 1. The molecule has 0 spiro atoms. The molecule has 2 atom stereocenters. The van der Waals surface area contributed by atoms with E-state index in [1.807, 2.05) is 23.9 Å². The SMILES string of the molecule is CCCNC1CCCCCCC1Sc1cccc(F)c1. The van der Waals surface area contributed by atoms with E-state index in [0.717, 1.165) is 11.4 Å². The second kappa shape index (κ2) is 8.68. The molecule has 1 aliphatic carbocycles. The van der Waals surface area contributed by atoms with Crippen LogP contribution >= 0.6 is 11.8 Å². The lowest BCUT2D eigenvalue weighted by Gasteiger charge is -2.30. The van der Waals surface area contributed by atoms with Crippen LogP contribution in [0.1, 0.15) is 51.9 Å². The monoisotopic (exact) mass is 295 g/mol. The van der Waals surface area contributed by atoms with E-state index in [9.17, 15) is 4.39 Å². The van der Waals surface area contributed by atoms with Gasteiger partial charge in [0.25, 0.3) is 0 Å². The average molecular weight is 295 g/mol. The molecule has 0 heterocycles. The molecule has 2 rings (SSSR count). The van der Waals surface area contributed by atoms with Gasteiger partial charge in [0.1, 0.15) is 5.82 Å². The first-order valence-electron chi connectivity index (χ1n) is 7.95. The molecule has 2 unspecified atom stereocenters. The first-order chi connectivity index (χ1) is 9.79. The summed E-state index contributed by atoms with van der Waals surface area (Å²) in [5.74, 6) is -0.126. The van der Waals surface area contributed by atoms with Gasteiger partial charge in [0.05, 0.1) is 0 Å². The molecule has 0 aromatic heterocycles. The maximum atomic E-state index is 13.3. The number of nitrogens with one attached hydrogen (secondary N) is 1. The number of hydrogen-bond acceptors (Lipinski definition) is 2. The summed E-state index contributed by atoms with van der Waals surface area (Å²) in [5.41, 5.74) is 0. The molecule has 0 aliphatic heterocycles. The predicted octanol–water partition coefficient (Wildman–Crippen LogP) is 5.01. The van der Waals surface area contributed by atoms with E-state index in [1.54, 1.807) is 6.07 Å². The second-order valence-electron chi connectivity index (χ2n) is 5.67. The Morgan fingerprint density at radius 1 is 1.20 bits per heavy atom. The number of rotatable bonds is 5. The predicted molar refractivity (Wildman–Crippen MR) is 85.8 cm³/mol. The molecule has 0 saturated heterocycles. The van der Waals surface area contributed by atoms with Crippen molar-refractivity contribution in [1.82, 2.24) is 5.32 Å². The summed E-state index contributed by atoms with van der Waals surface area (Å²) in [6.07, 6.45) is 9.00. The zero-order chi connectivity index (χ0) is 14.2. The van der Waals surface area contributed by atoms with Crippen LogP contribution in [0, 0.1) is 5.82 Å². The maximum Gasteiger partial charge on any atom is 0.124 e. The van der Waals surface area contributed by atoms with Crippen LogP contribution in [0.25, 0.3) is 0 Å². The molecule has 1 fully saturated rings. The van der Waals surface area contributed by atoms with Crippen LogP contribution in [0.2, 0.25) is 0 Å². The Hall–Kier alpha value is -0.540. The van der Waals surface area contributed by atoms with Crippen molar-refractivity contribution in [3.63, 3.8) is 0 Å². The highest BCUT2D eigenvalue weighted by Crippen LogP contribution is 2.32. The van der Waals surface area contributed by atoms with Gasteiger partial charge >= 0.3 is 0 Å². The van der Waals surface area contributed by atoms with Gasteiger partial charge in [-0.1, -0.05) is 38.7 Å². The Bertz CT molecular complexity index is 394. The molecule has 20 heavy (non-hydrogen) atoms. The lowest BCUT2D eigenvalue weighted by atomic mass is 9.96. The molecular formula is C17H26FNS. The van der Waals surface area contributed by atoms with Crippen molar-refractivity contribution in [2.24, 2.45) is 0 Å². The first-order valence-corrected chi connectivity index (χ1v) is 8.83. The Labute approximate surface area is 126 Å². The van der Waals surface area contributed by atoms with Crippen LogP contribution in [0.4, 0.5) is 4.39 Å². The second-order valence-corrected chi connectivity index (χ2v) is 6.98. The highest BCUT2D eigenvalue weighted by Gasteiger charge is 2.23. The average Bonchev–Trinajstić information content (AvgIpc) is 2.41. The minimum absolute atomic E-state index is 0.126. The minimum Gasteiger partial charge on any atom is -0.313 e. The van der Waals surface area contributed by atoms with E-state index < -0.39 is 0 Å². The zero-order valence-corrected chi connectivity index (χ0v) is 13.2. The number of benzene rings is 1. The smallest absolute Gasteiger partial charge is 0.124 e. The molecule has 0 amide bonds. The minimum atomic E-state index is -0.126. The fourth-order valence-electron chi connectivity index (χ4n) is 2.87. The quantitative estimate of drug-likeness (QED) is 0.819. The number of thioether (sulfide) groups is 1. The summed E-state index contributed by atoms with van der Waals surface area (Å²) < 4.78 is 13.3. The van der Waals surface area contributed by atoms with E-state index in [1.165, 1.54) is 51.0 Å². The van der Waals surface area contributed by atoms with E-state index in [0.29, 0.717) is 11.3 Å². The van der Waals surface area contributed by atoms with Gasteiger partial charge in [-0.05, 0) is 44.0 Å². The van der Waals surface area contributed by atoms with Crippen molar-refractivity contribution in [2.45, 2.75) is 68.1 Å². The molecule has 1 aromatic carbocycles. The summed E-state index contributed by atoms with van der Waals surface area (Å²) in [5, 5.41) is 4.28. The Balaban J connectivity index is 2.01. The Morgan fingerprint density at radius 2 is 2.00 bits per heavy atom. The van der Waals surface area contributed by atoms with Crippen LogP contribution in [0.5, 0.6) is 0 Å². The molecule has 1 saturated carbocycles. The van der Waals surface area contributed by atoms with E-state index in [4.69, 9.17) is 0 Å². The summed E-state index contributed by atoms with van der Waals surface area (Å²) in [7, 11) is 0. The molecule has 0 bridgehead atoms. The van der Waals surface area contributed by atoms with E-state index in [-0.39, 0.29) is 5.82 Å². The molecule has 112 valence electrons. The van der Waals surface area contributed by atoms with E-state index in [2.05, 4.69) is 12.2 Å². The van der Waals surface area contributed by atoms with Gasteiger partial charge in [0.15, 0.2) is 0 Å². The lowest BCUT2D eigenvalue weighted by molar-refractivity contribution is 0.400. The standard InChI is InChI=1S/C17H26FNS/c1-2-12-19-16-10-5-3-4-6-11-17(16)20-15-9-7-8-14(18)13-15/h7-9,13,16-17,19H,2-6,10-12H2,1H3. The first kappa shape index (κ1) is 15.8. The van der Waals surface area contributed by atoms with Crippen molar-refractivity contribution in [3.8, 4) is 0 Å². The fraction of sp³-hybridized carbons (Fsp3) is 0.647. The van der Waals surface area contributed by atoms with Gasteiger partial charge in [0, 0.05) is 16.2 Å². The number of hydrogen-bond donors (Lipinski definition) is 1. The molecular weight excluding hydrogens is 269 g/mol. The van der Waals surface area contributed by atoms with Gasteiger partial charge < -0.3 is 5.32 Å². The fourth-order valence-corrected chi connectivity index (χ4v) is 4.24. The summed E-state index contributed by atoms with van der Waals surface area (Å²) in [4.78, 5) is 1.07. The van der Waals surface area contributed by atoms with Gasteiger partial charge in [-0.15, -0.1) is 11.8 Å². The maximum absolute atomic E-state index is 13.3. The molecule has 1 N–H and O–H groups in total. The topological polar surface area (TPSA) is 12.0 Å². The summed E-state index contributed by atoms with van der Waals surface area (Å²) >= 11 is 1.86. The third-order valence-corrected chi connectivity index (χ3v) is 5.34. The van der Waals surface area contributed by atoms with Crippen molar-refractivity contribution >= 4 is 11.8 Å². The van der Waals surface area contributed by atoms with Gasteiger partial charge in [-0.25, -0.2) is 4.39 Å². The molecule has 1 aliphatic rings. The van der Waals surface area contributed by atoms with Gasteiger partial charge in [-0.2, -0.15) is 0 Å². The summed E-state index contributed by atoms with van der Waals surface area (Å²) in [6.45, 7) is 3.30. The van der Waals surface area contributed by atoms with Crippen molar-refractivity contribution in [1.29, 1.82) is 0 Å². The molecule has 1 nitrogen and oxygen atoms in total. The van der Waals surface area contributed by atoms with Crippen molar-refractivity contribution < 1.29 is 4.39 Å². The van der Waals surface area contributed by atoms with Gasteiger partial charge in [-0.3, -0.25) is 0 Å². The van der Waals surface area contributed by atoms with Crippen LogP contribution in [0.15, 0.2) is 29.2 Å². The third-order valence-electron chi connectivity index (χ3n) is 3.94. The zero-order valence-electron chi connectivity index (χ0n) is 12.4. The van der Waals surface area contributed by atoms with Crippen LogP contribution in [0.3, 0.4) is 0 Å². The van der Waals surface area contributed by atoms with Crippen LogP contribution in [-0.4, -0.2) is 17.8 Å². The highest BCUT2D eigenvalue weighted by atomic mass is 32.2. The molecule has 1 aromatic rings. The third kappa shape index (κ3) is 5.10. The largest absolute Gasteiger partial charge is 0.313 e. The van der Waals surface area contributed by atoms with E-state index >= 15 is 0 Å². The molecule has 0 radical (unpaired) electrons.